The van der Waals surface area contributed by atoms with Crippen molar-refractivity contribution in [2.45, 2.75) is 65.1 Å². The summed E-state index contributed by atoms with van der Waals surface area (Å²) >= 11 is 0. The molecule has 0 aromatic rings. The van der Waals surface area contributed by atoms with Crippen LogP contribution in [0.2, 0.25) is 18.1 Å². The minimum Gasteiger partial charge on any atom is -0.414 e. The van der Waals surface area contributed by atoms with Gasteiger partial charge in [-0.1, -0.05) is 40.5 Å². The highest BCUT2D eigenvalue weighted by atomic mass is 28.4. The highest BCUT2D eigenvalue weighted by molar-refractivity contribution is 6.74. The molecular formula is C15H34O3Si. The number of unbranched alkanes of at least 4 members (excludes halogenated alkanes) is 2. The lowest BCUT2D eigenvalue weighted by Crippen LogP contribution is -2.41. The highest BCUT2D eigenvalue weighted by Crippen LogP contribution is 2.36. The van der Waals surface area contributed by atoms with Crippen LogP contribution < -0.4 is 0 Å². The van der Waals surface area contributed by atoms with E-state index in [0.717, 1.165) is 13.0 Å². The Kier molecular flexibility index (Phi) is 9.97. The van der Waals surface area contributed by atoms with Crippen molar-refractivity contribution in [2.24, 2.45) is 0 Å². The van der Waals surface area contributed by atoms with Crippen LogP contribution in [-0.4, -0.2) is 41.4 Å². The number of hydrogen-bond donors (Lipinski definition) is 0. The fourth-order valence-corrected chi connectivity index (χ4v) is 2.38. The van der Waals surface area contributed by atoms with Gasteiger partial charge in [-0.05, 0) is 24.6 Å². The van der Waals surface area contributed by atoms with Crippen molar-refractivity contribution < 1.29 is 13.9 Å². The molecule has 0 aliphatic carbocycles. The van der Waals surface area contributed by atoms with Gasteiger partial charge in [-0.2, -0.15) is 0 Å². The SMILES string of the molecule is CCCCCOCCOCCO[Si](C)(C)C(C)(C)C. The monoisotopic (exact) mass is 290 g/mol. The smallest absolute Gasteiger partial charge is 0.192 e. The Bertz CT molecular complexity index is 212. The van der Waals surface area contributed by atoms with Crippen molar-refractivity contribution in [3.8, 4) is 0 Å². The van der Waals surface area contributed by atoms with Crippen LogP contribution in [0.25, 0.3) is 0 Å². The van der Waals surface area contributed by atoms with Crippen molar-refractivity contribution in [3.63, 3.8) is 0 Å². The van der Waals surface area contributed by atoms with Crippen LogP contribution in [0.4, 0.5) is 0 Å². The Morgan fingerprint density at radius 3 is 1.84 bits per heavy atom. The van der Waals surface area contributed by atoms with Gasteiger partial charge in [0.1, 0.15) is 0 Å². The molecule has 0 saturated heterocycles. The van der Waals surface area contributed by atoms with E-state index in [1.165, 1.54) is 12.8 Å². The second-order valence-corrected chi connectivity index (χ2v) is 11.3. The second-order valence-electron chi connectivity index (χ2n) is 6.54. The van der Waals surface area contributed by atoms with Crippen LogP contribution in [0, 0.1) is 0 Å². The summed E-state index contributed by atoms with van der Waals surface area (Å²) in [5.74, 6) is 0. The van der Waals surface area contributed by atoms with Gasteiger partial charge in [-0.15, -0.1) is 0 Å². The van der Waals surface area contributed by atoms with Gasteiger partial charge in [-0.3, -0.25) is 0 Å². The van der Waals surface area contributed by atoms with Crippen molar-refractivity contribution in [1.29, 1.82) is 0 Å². The first-order chi connectivity index (χ1) is 8.81. The summed E-state index contributed by atoms with van der Waals surface area (Å²) in [6.45, 7) is 17.1. The van der Waals surface area contributed by atoms with Crippen LogP contribution in [0.3, 0.4) is 0 Å². The van der Waals surface area contributed by atoms with E-state index in [1.54, 1.807) is 0 Å². The lowest BCUT2D eigenvalue weighted by Gasteiger charge is -2.36. The summed E-state index contributed by atoms with van der Waals surface area (Å²) < 4.78 is 17.0. The van der Waals surface area contributed by atoms with E-state index in [2.05, 4.69) is 40.8 Å². The molecule has 116 valence electrons. The Morgan fingerprint density at radius 1 is 0.789 bits per heavy atom. The molecule has 0 N–H and O–H groups in total. The molecule has 0 aliphatic heterocycles. The number of rotatable bonds is 11. The topological polar surface area (TPSA) is 27.7 Å². The zero-order valence-electron chi connectivity index (χ0n) is 13.9. The Labute approximate surface area is 121 Å². The molecule has 3 nitrogen and oxygen atoms in total. The van der Waals surface area contributed by atoms with E-state index >= 15 is 0 Å². The predicted octanol–water partition coefficient (Wildman–Crippen LogP) is 4.23. The second kappa shape index (κ2) is 9.92. The molecule has 0 radical (unpaired) electrons. The fourth-order valence-electron chi connectivity index (χ4n) is 1.35. The Balaban J connectivity index is 3.37. The van der Waals surface area contributed by atoms with Crippen molar-refractivity contribution in [2.75, 3.05) is 33.0 Å². The standard InChI is InChI=1S/C15H34O3Si/c1-7-8-9-10-16-11-12-17-13-14-18-19(5,6)15(2,3)4/h7-14H2,1-6H3. The Hall–Kier alpha value is 0.0969. The molecule has 0 heterocycles. The molecule has 0 fully saturated rings. The Morgan fingerprint density at radius 2 is 1.32 bits per heavy atom. The zero-order valence-corrected chi connectivity index (χ0v) is 14.9. The van der Waals surface area contributed by atoms with Gasteiger partial charge in [0.15, 0.2) is 8.32 Å². The molecule has 0 unspecified atom stereocenters. The minimum absolute atomic E-state index is 0.273. The van der Waals surface area contributed by atoms with Gasteiger partial charge < -0.3 is 13.9 Å². The third-order valence-electron chi connectivity index (χ3n) is 3.76. The molecule has 0 bridgehead atoms. The molecule has 0 amide bonds. The van der Waals surface area contributed by atoms with Gasteiger partial charge >= 0.3 is 0 Å². The van der Waals surface area contributed by atoms with Crippen molar-refractivity contribution >= 4 is 8.32 Å². The minimum atomic E-state index is -1.61. The third kappa shape index (κ3) is 9.60. The number of ether oxygens (including phenoxy) is 2. The molecule has 0 aromatic heterocycles. The van der Waals surface area contributed by atoms with Crippen molar-refractivity contribution in [3.05, 3.63) is 0 Å². The summed E-state index contributed by atoms with van der Waals surface area (Å²) in [5.41, 5.74) is 0. The molecule has 0 aromatic carbocycles. The molecule has 0 saturated carbocycles. The molecular weight excluding hydrogens is 256 g/mol. The summed E-state index contributed by atoms with van der Waals surface area (Å²) in [6, 6.07) is 0. The number of hydrogen-bond acceptors (Lipinski definition) is 3. The molecule has 0 aliphatic rings. The lowest BCUT2D eigenvalue weighted by atomic mass is 10.2. The normalized spacial score (nSPS) is 12.9. The van der Waals surface area contributed by atoms with Crippen molar-refractivity contribution in [1.82, 2.24) is 0 Å². The summed E-state index contributed by atoms with van der Waals surface area (Å²) in [6.07, 6.45) is 3.65. The van der Waals surface area contributed by atoms with Gasteiger partial charge in [0, 0.05) is 6.61 Å². The summed E-state index contributed by atoms with van der Waals surface area (Å²) in [4.78, 5) is 0. The van der Waals surface area contributed by atoms with Crippen LogP contribution in [0.5, 0.6) is 0 Å². The molecule has 4 heteroatoms. The van der Waals surface area contributed by atoms with E-state index in [-0.39, 0.29) is 5.04 Å². The largest absolute Gasteiger partial charge is 0.414 e. The lowest BCUT2D eigenvalue weighted by molar-refractivity contribution is 0.0336. The third-order valence-corrected chi connectivity index (χ3v) is 8.30. The molecule has 0 rings (SSSR count). The highest BCUT2D eigenvalue weighted by Gasteiger charge is 2.36. The van der Waals surface area contributed by atoms with E-state index in [4.69, 9.17) is 13.9 Å². The first-order valence-corrected chi connectivity index (χ1v) is 10.5. The van der Waals surface area contributed by atoms with E-state index in [0.29, 0.717) is 26.4 Å². The van der Waals surface area contributed by atoms with Crippen LogP contribution >= 0.6 is 0 Å². The van der Waals surface area contributed by atoms with Gasteiger partial charge in [0.05, 0.1) is 26.4 Å². The van der Waals surface area contributed by atoms with Gasteiger partial charge in [0.25, 0.3) is 0 Å². The first kappa shape index (κ1) is 19.1. The summed E-state index contributed by atoms with van der Waals surface area (Å²) in [5, 5.41) is 0.273. The molecule has 19 heavy (non-hydrogen) atoms. The van der Waals surface area contributed by atoms with E-state index in [9.17, 15) is 0 Å². The van der Waals surface area contributed by atoms with Crippen LogP contribution in [-0.2, 0) is 13.9 Å². The quantitative estimate of drug-likeness (QED) is 0.421. The van der Waals surface area contributed by atoms with E-state index in [1.807, 2.05) is 0 Å². The van der Waals surface area contributed by atoms with Gasteiger partial charge in [-0.25, -0.2) is 0 Å². The molecule has 0 spiro atoms. The maximum Gasteiger partial charge on any atom is 0.192 e. The predicted molar refractivity (Wildman–Crippen MR) is 84.3 cm³/mol. The molecule has 0 atom stereocenters. The zero-order chi connectivity index (χ0) is 14.8. The van der Waals surface area contributed by atoms with Crippen LogP contribution in [0.1, 0.15) is 47.0 Å². The average Bonchev–Trinajstić information content (AvgIpc) is 2.30. The van der Waals surface area contributed by atoms with E-state index < -0.39 is 8.32 Å². The average molecular weight is 291 g/mol. The van der Waals surface area contributed by atoms with Gasteiger partial charge in [0.2, 0.25) is 0 Å². The maximum absolute atomic E-state index is 6.03. The first-order valence-electron chi connectivity index (χ1n) is 7.60. The van der Waals surface area contributed by atoms with Crippen LogP contribution in [0.15, 0.2) is 0 Å². The maximum atomic E-state index is 6.03. The summed E-state index contributed by atoms with van der Waals surface area (Å²) in [7, 11) is -1.61. The fraction of sp³-hybridized carbons (Fsp3) is 1.00.